The summed E-state index contributed by atoms with van der Waals surface area (Å²) in [5, 5.41) is 11.4. The van der Waals surface area contributed by atoms with E-state index in [2.05, 4.69) is 5.32 Å². The lowest BCUT2D eigenvalue weighted by Crippen LogP contribution is -2.28. The fraction of sp³-hybridized carbons (Fsp3) is 0.364. The predicted octanol–water partition coefficient (Wildman–Crippen LogP) is 1.89. The lowest BCUT2D eigenvalue weighted by atomic mass is 10.2. The van der Waals surface area contributed by atoms with Crippen molar-refractivity contribution in [2.24, 2.45) is 0 Å². The van der Waals surface area contributed by atoms with E-state index in [0.29, 0.717) is 6.61 Å². The van der Waals surface area contributed by atoms with Gasteiger partial charge >= 0.3 is 0 Å². The lowest BCUT2D eigenvalue weighted by Gasteiger charge is -2.12. The minimum Gasteiger partial charge on any atom is -0.508 e. The normalized spacial score (nSPS) is 12.2. The van der Waals surface area contributed by atoms with Gasteiger partial charge in [0.05, 0.1) is 5.69 Å². The minimum absolute atomic E-state index is 0.0225. The zero-order valence-corrected chi connectivity index (χ0v) is 9.16. The summed E-state index contributed by atoms with van der Waals surface area (Å²) in [6.07, 6.45) is -0.641. The number of aromatic hydroxyl groups is 1. The van der Waals surface area contributed by atoms with E-state index >= 15 is 0 Å². The highest BCUT2D eigenvalue weighted by atomic mass is 19.1. The molecule has 88 valence electrons. The van der Waals surface area contributed by atoms with E-state index in [-0.39, 0.29) is 11.4 Å². The maximum Gasteiger partial charge on any atom is 0.253 e. The van der Waals surface area contributed by atoms with Crippen LogP contribution in [0.25, 0.3) is 0 Å². The van der Waals surface area contributed by atoms with E-state index in [1.807, 2.05) is 0 Å². The predicted molar refractivity (Wildman–Crippen MR) is 57.8 cm³/mol. The van der Waals surface area contributed by atoms with Gasteiger partial charge in [-0.1, -0.05) is 0 Å². The third kappa shape index (κ3) is 3.20. The highest BCUT2D eigenvalue weighted by Gasteiger charge is 2.14. The molecule has 0 aromatic heterocycles. The van der Waals surface area contributed by atoms with Crippen molar-refractivity contribution in [1.29, 1.82) is 0 Å². The number of anilines is 1. The Balaban J connectivity index is 2.69. The summed E-state index contributed by atoms with van der Waals surface area (Å²) in [5.41, 5.74) is 0.0225. The SMILES string of the molecule is CCO[C@H](C)C(=O)Nc1ccc(O)cc1F. The van der Waals surface area contributed by atoms with Gasteiger partial charge in [-0.2, -0.15) is 0 Å². The number of halogens is 1. The number of nitrogens with one attached hydrogen (secondary N) is 1. The molecule has 16 heavy (non-hydrogen) atoms. The van der Waals surface area contributed by atoms with Crippen molar-refractivity contribution in [2.75, 3.05) is 11.9 Å². The molecule has 4 nitrogen and oxygen atoms in total. The minimum atomic E-state index is -0.683. The van der Waals surface area contributed by atoms with Crippen LogP contribution in [0.1, 0.15) is 13.8 Å². The Bertz CT molecular complexity index is 381. The first kappa shape index (κ1) is 12.4. The molecule has 0 unspecified atom stereocenters. The number of hydrogen-bond donors (Lipinski definition) is 2. The van der Waals surface area contributed by atoms with Crippen molar-refractivity contribution in [1.82, 2.24) is 0 Å². The van der Waals surface area contributed by atoms with E-state index < -0.39 is 17.8 Å². The van der Waals surface area contributed by atoms with Gasteiger partial charge in [0, 0.05) is 12.7 Å². The summed E-state index contributed by atoms with van der Waals surface area (Å²) in [4.78, 5) is 11.5. The molecule has 0 saturated carbocycles. The number of phenols is 1. The standard InChI is InChI=1S/C11H14FNO3/c1-3-16-7(2)11(15)13-10-5-4-8(14)6-9(10)12/h4-7,14H,3H2,1-2H3,(H,13,15)/t7-/m1/s1. The molecule has 0 bridgehead atoms. The topological polar surface area (TPSA) is 58.6 Å². The van der Waals surface area contributed by atoms with Gasteiger partial charge < -0.3 is 15.2 Å². The Morgan fingerprint density at radius 1 is 1.62 bits per heavy atom. The van der Waals surface area contributed by atoms with Gasteiger partial charge in [0.15, 0.2) is 0 Å². The highest BCUT2D eigenvalue weighted by Crippen LogP contribution is 2.19. The van der Waals surface area contributed by atoms with Crippen LogP contribution < -0.4 is 5.32 Å². The van der Waals surface area contributed by atoms with Crippen LogP contribution in [0.5, 0.6) is 5.75 Å². The Morgan fingerprint density at radius 2 is 2.31 bits per heavy atom. The van der Waals surface area contributed by atoms with E-state index in [1.54, 1.807) is 13.8 Å². The monoisotopic (exact) mass is 227 g/mol. The molecule has 0 aliphatic rings. The van der Waals surface area contributed by atoms with Gasteiger partial charge in [0.25, 0.3) is 5.91 Å². The maximum absolute atomic E-state index is 13.2. The number of rotatable bonds is 4. The number of carbonyl (C=O) groups excluding carboxylic acids is 1. The van der Waals surface area contributed by atoms with Crippen molar-refractivity contribution in [3.05, 3.63) is 24.0 Å². The highest BCUT2D eigenvalue weighted by molar-refractivity contribution is 5.94. The second-order valence-electron chi connectivity index (χ2n) is 3.25. The van der Waals surface area contributed by atoms with E-state index in [1.165, 1.54) is 12.1 Å². The molecule has 1 rings (SSSR count). The molecule has 0 radical (unpaired) electrons. The molecule has 0 fully saturated rings. The Kier molecular flexibility index (Phi) is 4.25. The van der Waals surface area contributed by atoms with Crippen LogP contribution in [0.4, 0.5) is 10.1 Å². The van der Waals surface area contributed by atoms with Crippen molar-refractivity contribution >= 4 is 11.6 Å². The average Bonchev–Trinajstić information content (AvgIpc) is 2.22. The van der Waals surface area contributed by atoms with E-state index in [0.717, 1.165) is 6.07 Å². The van der Waals surface area contributed by atoms with Crippen LogP contribution in [-0.2, 0) is 9.53 Å². The molecule has 5 heteroatoms. The Labute approximate surface area is 93.0 Å². The second kappa shape index (κ2) is 5.46. The van der Waals surface area contributed by atoms with Crippen LogP contribution in [0, 0.1) is 5.82 Å². The molecule has 0 aliphatic heterocycles. The number of hydrogen-bond acceptors (Lipinski definition) is 3. The van der Waals surface area contributed by atoms with Crippen molar-refractivity contribution < 1.29 is 19.0 Å². The van der Waals surface area contributed by atoms with Gasteiger partial charge in [-0.05, 0) is 26.0 Å². The van der Waals surface area contributed by atoms with Gasteiger partial charge in [0.1, 0.15) is 17.7 Å². The Morgan fingerprint density at radius 3 is 2.88 bits per heavy atom. The largest absolute Gasteiger partial charge is 0.508 e. The summed E-state index contributed by atoms with van der Waals surface area (Å²) in [5.74, 6) is -1.29. The first-order valence-corrected chi connectivity index (χ1v) is 4.95. The molecular weight excluding hydrogens is 213 g/mol. The van der Waals surface area contributed by atoms with Gasteiger partial charge in [-0.3, -0.25) is 4.79 Å². The summed E-state index contributed by atoms with van der Waals surface area (Å²) < 4.78 is 18.3. The molecule has 1 amide bonds. The fourth-order valence-electron chi connectivity index (χ4n) is 1.17. The second-order valence-corrected chi connectivity index (χ2v) is 3.25. The summed E-state index contributed by atoms with van der Waals surface area (Å²) in [7, 11) is 0. The van der Waals surface area contributed by atoms with E-state index in [4.69, 9.17) is 9.84 Å². The van der Waals surface area contributed by atoms with Crippen LogP contribution >= 0.6 is 0 Å². The number of phenolic OH excluding ortho intramolecular Hbond substituents is 1. The van der Waals surface area contributed by atoms with E-state index in [9.17, 15) is 9.18 Å². The fourth-order valence-corrected chi connectivity index (χ4v) is 1.17. The van der Waals surface area contributed by atoms with Gasteiger partial charge in [-0.25, -0.2) is 4.39 Å². The number of carbonyl (C=O) groups is 1. The first-order chi connectivity index (χ1) is 7.54. The molecule has 1 atom stereocenters. The summed E-state index contributed by atoms with van der Waals surface area (Å²) in [6.45, 7) is 3.76. The third-order valence-electron chi connectivity index (χ3n) is 2.00. The van der Waals surface area contributed by atoms with Crippen LogP contribution in [0.2, 0.25) is 0 Å². The van der Waals surface area contributed by atoms with Gasteiger partial charge in [0.2, 0.25) is 0 Å². The van der Waals surface area contributed by atoms with Crippen LogP contribution in [-0.4, -0.2) is 23.7 Å². The Hall–Kier alpha value is -1.62. The summed E-state index contributed by atoms with van der Waals surface area (Å²) >= 11 is 0. The molecule has 0 heterocycles. The maximum atomic E-state index is 13.2. The number of amides is 1. The molecule has 1 aromatic rings. The molecule has 0 saturated heterocycles. The number of benzene rings is 1. The van der Waals surface area contributed by atoms with Crippen molar-refractivity contribution in [3.63, 3.8) is 0 Å². The molecule has 0 spiro atoms. The first-order valence-electron chi connectivity index (χ1n) is 4.95. The molecular formula is C11H14FNO3. The molecule has 1 aromatic carbocycles. The van der Waals surface area contributed by atoms with Crippen LogP contribution in [0.15, 0.2) is 18.2 Å². The van der Waals surface area contributed by atoms with Gasteiger partial charge in [-0.15, -0.1) is 0 Å². The third-order valence-corrected chi connectivity index (χ3v) is 2.00. The zero-order chi connectivity index (χ0) is 12.1. The average molecular weight is 227 g/mol. The molecule has 0 aliphatic carbocycles. The lowest BCUT2D eigenvalue weighted by molar-refractivity contribution is -0.126. The summed E-state index contributed by atoms with van der Waals surface area (Å²) in [6, 6.07) is 3.52. The molecule has 2 N–H and O–H groups in total. The number of ether oxygens (including phenoxy) is 1. The quantitative estimate of drug-likeness (QED) is 0.772. The van der Waals surface area contributed by atoms with Crippen molar-refractivity contribution in [2.45, 2.75) is 20.0 Å². The zero-order valence-electron chi connectivity index (χ0n) is 9.16. The smallest absolute Gasteiger partial charge is 0.253 e. The van der Waals surface area contributed by atoms with Crippen LogP contribution in [0.3, 0.4) is 0 Å². The van der Waals surface area contributed by atoms with Crippen molar-refractivity contribution in [3.8, 4) is 5.75 Å².